The van der Waals surface area contributed by atoms with Gasteiger partial charge in [-0.2, -0.15) is 0 Å². The van der Waals surface area contributed by atoms with E-state index in [9.17, 15) is 0 Å². The monoisotopic (exact) mass is 217 g/mol. The van der Waals surface area contributed by atoms with Crippen molar-refractivity contribution in [3.05, 3.63) is 35.4 Å². The normalized spacial score (nSPS) is 18.1. The topological polar surface area (TPSA) is 12.0 Å². The van der Waals surface area contributed by atoms with Crippen LogP contribution >= 0.6 is 0 Å². The Balaban J connectivity index is 1.95. The summed E-state index contributed by atoms with van der Waals surface area (Å²) in [5.74, 6) is 0.855. The second-order valence-electron chi connectivity index (χ2n) is 4.97. The third-order valence-electron chi connectivity index (χ3n) is 3.71. The first-order valence-electron chi connectivity index (χ1n) is 6.64. The lowest BCUT2D eigenvalue weighted by Gasteiger charge is -2.26. The Kier molecular flexibility index (Phi) is 4.00. The molecular weight excluding hydrogens is 194 g/mol. The molecule has 0 saturated heterocycles. The van der Waals surface area contributed by atoms with Crippen LogP contribution in [0.15, 0.2) is 24.3 Å². The Hall–Kier alpha value is -0.820. The van der Waals surface area contributed by atoms with Crippen molar-refractivity contribution in [2.75, 3.05) is 6.54 Å². The lowest BCUT2D eigenvalue weighted by molar-refractivity contribution is 0.419. The van der Waals surface area contributed by atoms with Crippen molar-refractivity contribution in [1.82, 2.24) is 5.32 Å². The molecule has 1 atom stereocenters. The summed E-state index contributed by atoms with van der Waals surface area (Å²) in [6.07, 6.45) is 5.40. The van der Waals surface area contributed by atoms with E-state index in [4.69, 9.17) is 0 Å². The van der Waals surface area contributed by atoms with Crippen LogP contribution < -0.4 is 5.32 Å². The molecule has 2 rings (SSSR count). The number of hydrogen-bond donors (Lipinski definition) is 1. The molecular formula is C15H23N. The highest BCUT2D eigenvalue weighted by Gasteiger charge is 2.19. The van der Waals surface area contributed by atoms with E-state index < -0.39 is 0 Å². The van der Waals surface area contributed by atoms with Crippen LogP contribution in [0.1, 0.15) is 62.6 Å². The van der Waals surface area contributed by atoms with E-state index in [2.05, 4.69) is 43.4 Å². The van der Waals surface area contributed by atoms with Crippen molar-refractivity contribution in [3.63, 3.8) is 0 Å². The van der Waals surface area contributed by atoms with Gasteiger partial charge in [0.05, 0.1) is 0 Å². The molecule has 1 aromatic rings. The van der Waals surface area contributed by atoms with Gasteiger partial charge in [-0.05, 0) is 49.8 Å². The molecule has 1 aromatic carbocycles. The van der Waals surface area contributed by atoms with Crippen LogP contribution in [0.3, 0.4) is 0 Å². The summed E-state index contributed by atoms with van der Waals surface area (Å²) in [6, 6.07) is 9.71. The SMILES string of the molecule is CCCNC(C)c1ccc(C2CCC2)cc1. The Morgan fingerprint density at radius 1 is 1.25 bits per heavy atom. The molecule has 1 fully saturated rings. The van der Waals surface area contributed by atoms with E-state index in [0.717, 1.165) is 12.5 Å². The molecule has 0 radical (unpaired) electrons. The molecule has 0 aromatic heterocycles. The van der Waals surface area contributed by atoms with E-state index >= 15 is 0 Å². The van der Waals surface area contributed by atoms with Crippen molar-refractivity contribution in [3.8, 4) is 0 Å². The molecule has 1 unspecified atom stereocenters. The van der Waals surface area contributed by atoms with Crippen molar-refractivity contribution >= 4 is 0 Å². The van der Waals surface area contributed by atoms with E-state index in [1.807, 2.05) is 0 Å². The average molecular weight is 217 g/mol. The second-order valence-corrected chi connectivity index (χ2v) is 4.97. The van der Waals surface area contributed by atoms with Crippen LogP contribution in [-0.4, -0.2) is 6.54 Å². The smallest absolute Gasteiger partial charge is 0.0291 e. The zero-order valence-corrected chi connectivity index (χ0v) is 10.5. The molecule has 0 bridgehead atoms. The maximum Gasteiger partial charge on any atom is 0.0291 e. The summed E-state index contributed by atoms with van der Waals surface area (Å²) >= 11 is 0. The fraction of sp³-hybridized carbons (Fsp3) is 0.600. The summed E-state index contributed by atoms with van der Waals surface area (Å²) in [5, 5.41) is 3.53. The number of hydrogen-bond acceptors (Lipinski definition) is 1. The Bertz CT molecular complexity index is 311. The van der Waals surface area contributed by atoms with Crippen LogP contribution in [0.4, 0.5) is 0 Å². The van der Waals surface area contributed by atoms with Crippen LogP contribution in [0.5, 0.6) is 0 Å². The maximum absolute atomic E-state index is 3.53. The van der Waals surface area contributed by atoms with Crippen LogP contribution in [0.2, 0.25) is 0 Å². The lowest BCUT2D eigenvalue weighted by atomic mass is 9.80. The molecule has 88 valence electrons. The molecule has 0 heterocycles. The summed E-state index contributed by atoms with van der Waals surface area (Å²) in [4.78, 5) is 0. The molecule has 1 nitrogen and oxygen atoms in total. The third kappa shape index (κ3) is 2.65. The molecule has 1 saturated carbocycles. The molecule has 0 spiro atoms. The summed E-state index contributed by atoms with van der Waals surface area (Å²) in [5.41, 5.74) is 2.95. The summed E-state index contributed by atoms with van der Waals surface area (Å²) in [6.45, 7) is 5.55. The molecule has 1 aliphatic rings. The zero-order valence-electron chi connectivity index (χ0n) is 10.5. The fourth-order valence-electron chi connectivity index (χ4n) is 2.28. The predicted octanol–water partition coefficient (Wildman–Crippen LogP) is 4.01. The number of benzene rings is 1. The predicted molar refractivity (Wildman–Crippen MR) is 69.7 cm³/mol. The van der Waals surface area contributed by atoms with Crippen LogP contribution in [0, 0.1) is 0 Å². The standard InChI is InChI=1S/C15H23N/c1-3-11-16-12(2)13-7-9-15(10-8-13)14-5-4-6-14/h7-10,12,14,16H,3-6,11H2,1-2H3. The largest absolute Gasteiger partial charge is 0.310 e. The van der Waals surface area contributed by atoms with Crippen LogP contribution in [-0.2, 0) is 0 Å². The molecule has 1 heteroatoms. The first kappa shape index (κ1) is 11.7. The van der Waals surface area contributed by atoms with Gasteiger partial charge in [0.2, 0.25) is 0 Å². The second kappa shape index (κ2) is 5.49. The maximum atomic E-state index is 3.53. The van der Waals surface area contributed by atoms with Gasteiger partial charge < -0.3 is 5.32 Å². The Morgan fingerprint density at radius 2 is 1.94 bits per heavy atom. The van der Waals surface area contributed by atoms with Gasteiger partial charge in [0.15, 0.2) is 0 Å². The van der Waals surface area contributed by atoms with Gasteiger partial charge >= 0.3 is 0 Å². The Labute approximate surface area is 99.3 Å². The van der Waals surface area contributed by atoms with Gasteiger partial charge in [-0.15, -0.1) is 0 Å². The van der Waals surface area contributed by atoms with Gasteiger partial charge in [-0.25, -0.2) is 0 Å². The summed E-state index contributed by atoms with van der Waals surface area (Å²) in [7, 11) is 0. The van der Waals surface area contributed by atoms with Crippen molar-refractivity contribution < 1.29 is 0 Å². The van der Waals surface area contributed by atoms with Gasteiger partial charge in [0.1, 0.15) is 0 Å². The average Bonchev–Trinajstić information content (AvgIpc) is 2.24. The molecule has 0 amide bonds. The highest BCUT2D eigenvalue weighted by molar-refractivity contribution is 5.28. The highest BCUT2D eigenvalue weighted by Crippen LogP contribution is 2.36. The lowest BCUT2D eigenvalue weighted by Crippen LogP contribution is -2.19. The highest BCUT2D eigenvalue weighted by atomic mass is 14.9. The van der Waals surface area contributed by atoms with E-state index in [1.54, 1.807) is 0 Å². The van der Waals surface area contributed by atoms with Gasteiger partial charge in [-0.3, -0.25) is 0 Å². The zero-order chi connectivity index (χ0) is 11.4. The Morgan fingerprint density at radius 3 is 2.44 bits per heavy atom. The molecule has 0 aliphatic heterocycles. The quantitative estimate of drug-likeness (QED) is 0.785. The van der Waals surface area contributed by atoms with Gasteiger partial charge in [0.25, 0.3) is 0 Å². The minimum absolute atomic E-state index is 0.482. The number of nitrogens with one attached hydrogen (secondary N) is 1. The summed E-state index contributed by atoms with van der Waals surface area (Å²) < 4.78 is 0. The van der Waals surface area contributed by atoms with E-state index in [0.29, 0.717) is 6.04 Å². The number of rotatable bonds is 5. The third-order valence-corrected chi connectivity index (χ3v) is 3.71. The molecule has 16 heavy (non-hydrogen) atoms. The first-order valence-corrected chi connectivity index (χ1v) is 6.64. The van der Waals surface area contributed by atoms with Crippen molar-refractivity contribution in [2.24, 2.45) is 0 Å². The van der Waals surface area contributed by atoms with Gasteiger partial charge in [0, 0.05) is 6.04 Å². The minimum atomic E-state index is 0.482. The first-order chi connectivity index (χ1) is 7.81. The van der Waals surface area contributed by atoms with E-state index in [-0.39, 0.29) is 0 Å². The minimum Gasteiger partial charge on any atom is -0.310 e. The van der Waals surface area contributed by atoms with E-state index in [1.165, 1.54) is 36.8 Å². The van der Waals surface area contributed by atoms with Crippen molar-refractivity contribution in [1.29, 1.82) is 0 Å². The van der Waals surface area contributed by atoms with Crippen LogP contribution in [0.25, 0.3) is 0 Å². The molecule has 1 N–H and O–H groups in total. The fourth-order valence-corrected chi connectivity index (χ4v) is 2.28. The van der Waals surface area contributed by atoms with Gasteiger partial charge in [-0.1, -0.05) is 37.6 Å². The molecule has 1 aliphatic carbocycles. The van der Waals surface area contributed by atoms with Crippen molar-refractivity contribution in [2.45, 2.75) is 51.5 Å².